The summed E-state index contributed by atoms with van der Waals surface area (Å²) in [6.07, 6.45) is 2.42. The SMILES string of the molecule is O=C(Nc1ccccc1Br)N(CCc1ccccn1)Cc1ccccc1Cl. The Hall–Kier alpha value is -2.37. The van der Waals surface area contributed by atoms with E-state index >= 15 is 0 Å². The van der Waals surface area contributed by atoms with Crippen molar-refractivity contribution in [2.45, 2.75) is 13.0 Å². The van der Waals surface area contributed by atoms with Gasteiger partial charge in [-0.25, -0.2) is 4.79 Å². The molecule has 0 unspecified atom stereocenters. The first-order valence-corrected chi connectivity index (χ1v) is 9.74. The molecule has 138 valence electrons. The molecule has 4 nitrogen and oxygen atoms in total. The van der Waals surface area contributed by atoms with Gasteiger partial charge in [-0.2, -0.15) is 0 Å². The Balaban J connectivity index is 1.76. The fourth-order valence-corrected chi connectivity index (χ4v) is 3.22. The fraction of sp³-hybridized carbons (Fsp3) is 0.143. The highest BCUT2D eigenvalue weighted by Gasteiger charge is 2.16. The second kappa shape index (κ2) is 9.53. The predicted octanol–water partition coefficient (Wildman–Crippen LogP) is 5.77. The van der Waals surface area contributed by atoms with Crippen LogP contribution in [0.1, 0.15) is 11.3 Å². The normalized spacial score (nSPS) is 10.4. The molecule has 0 saturated carbocycles. The topological polar surface area (TPSA) is 45.2 Å². The third-order valence-electron chi connectivity index (χ3n) is 4.09. The van der Waals surface area contributed by atoms with Crippen LogP contribution in [0.25, 0.3) is 0 Å². The van der Waals surface area contributed by atoms with Crippen molar-refractivity contribution in [1.29, 1.82) is 0 Å². The van der Waals surface area contributed by atoms with Crippen LogP contribution in [0, 0.1) is 0 Å². The number of benzene rings is 2. The highest BCUT2D eigenvalue weighted by molar-refractivity contribution is 9.10. The molecule has 0 spiro atoms. The average molecular weight is 445 g/mol. The third-order valence-corrected chi connectivity index (χ3v) is 5.15. The first-order chi connectivity index (χ1) is 13.1. The average Bonchev–Trinajstić information content (AvgIpc) is 2.69. The molecule has 0 aliphatic heterocycles. The van der Waals surface area contributed by atoms with Crippen molar-refractivity contribution >= 4 is 39.2 Å². The summed E-state index contributed by atoms with van der Waals surface area (Å²) in [5.41, 5.74) is 2.57. The molecule has 1 N–H and O–H groups in total. The summed E-state index contributed by atoms with van der Waals surface area (Å²) in [7, 11) is 0. The van der Waals surface area contributed by atoms with Crippen molar-refractivity contribution in [3.8, 4) is 0 Å². The summed E-state index contributed by atoms with van der Waals surface area (Å²) in [6.45, 7) is 0.946. The van der Waals surface area contributed by atoms with Gasteiger partial charge in [-0.3, -0.25) is 4.98 Å². The molecule has 6 heteroatoms. The zero-order valence-corrected chi connectivity index (χ0v) is 17.0. The highest BCUT2D eigenvalue weighted by atomic mass is 79.9. The van der Waals surface area contributed by atoms with E-state index in [1.54, 1.807) is 11.1 Å². The van der Waals surface area contributed by atoms with Gasteiger partial charge in [0, 0.05) is 40.9 Å². The second-order valence-corrected chi connectivity index (χ2v) is 7.26. The van der Waals surface area contributed by atoms with Gasteiger partial charge >= 0.3 is 6.03 Å². The van der Waals surface area contributed by atoms with Crippen molar-refractivity contribution < 1.29 is 4.79 Å². The number of hydrogen-bond acceptors (Lipinski definition) is 2. The molecule has 0 aliphatic carbocycles. The van der Waals surface area contributed by atoms with Crippen LogP contribution in [0.3, 0.4) is 0 Å². The quantitative estimate of drug-likeness (QED) is 0.524. The van der Waals surface area contributed by atoms with Gasteiger partial charge in [-0.15, -0.1) is 0 Å². The zero-order valence-electron chi connectivity index (χ0n) is 14.6. The summed E-state index contributed by atoms with van der Waals surface area (Å²) in [5, 5.41) is 3.61. The van der Waals surface area contributed by atoms with Crippen molar-refractivity contribution in [2.75, 3.05) is 11.9 Å². The monoisotopic (exact) mass is 443 g/mol. The maximum atomic E-state index is 12.9. The minimum absolute atomic E-state index is 0.183. The first kappa shape index (κ1) is 19.4. The van der Waals surface area contributed by atoms with Crippen LogP contribution in [0.4, 0.5) is 10.5 Å². The number of pyridine rings is 1. The highest BCUT2D eigenvalue weighted by Crippen LogP contribution is 2.23. The van der Waals surface area contributed by atoms with Gasteiger partial charge in [0.25, 0.3) is 0 Å². The van der Waals surface area contributed by atoms with Crippen molar-refractivity contribution in [3.05, 3.63) is 93.7 Å². The molecule has 0 radical (unpaired) electrons. The molecular weight excluding hydrogens is 426 g/mol. The summed E-state index contributed by atoms with van der Waals surface area (Å²) in [6, 6.07) is 20.7. The van der Waals surface area contributed by atoms with Crippen LogP contribution in [-0.2, 0) is 13.0 Å². The number of nitrogens with one attached hydrogen (secondary N) is 1. The van der Waals surface area contributed by atoms with Gasteiger partial charge in [0.05, 0.1) is 5.69 Å². The van der Waals surface area contributed by atoms with E-state index in [9.17, 15) is 4.79 Å². The Kier molecular flexibility index (Phi) is 6.85. The van der Waals surface area contributed by atoms with Gasteiger partial charge in [-0.05, 0) is 51.8 Å². The van der Waals surface area contributed by atoms with Gasteiger partial charge in [0.15, 0.2) is 0 Å². The first-order valence-electron chi connectivity index (χ1n) is 8.57. The molecule has 2 aromatic carbocycles. The van der Waals surface area contributed by atoms with E-state index in [1.807, 2.05) is 66.7 Å². The van der Waals surface area contributed by atoms with Crippen LogP contribution in [0.15, 0.2) is 77.4 Å². The van der Waals surface area contributed by atoms with Crippen LogP contribution >= 0.6 is 27.5 Å². The van der Waals surface area contributed by atoms with E-state index in [0.29, 0.717) is 24.5 Å². The lowest BCUT2D eigenvalue weighted by atomic mass is 10.2. The minimum Gasteiger partial charge on any atom is -0.320 e. The van der Waals surface area contributed by atoms with Crippen LogP contribution in [0.5, 0.6) is 0 Å². The number of para-hydroxylation sites is 1. The molecule has 0 atom stereocenters. The number of urea groups is 1. The lowest BCUT2D eigenvalue weighted by Gasteiger charge is -2.24. The van der Waals surface area contributed by atoms with E-state index in [0.717, 1.165) is 21.4 Å². The molecule has 0 fully saturated rings. The smallest absolute Gasteiger partial charge is 0.320 e. The Labute approximate surface area is 172 Å². The predicted molar refractivity (Wildman–Crippen MR) is 113 cm³/mol. The molecule has 1 heterocycles. The van der Waals surface area contributed by atoms with Crippen LogP contribution in [0.2, 0.25) is 5.02 Å². The number of anilines is 1. The Bertz CT molecular complexity index is 905. The molecule has 0 aliphatic rings. The van der Waals surface area contributed by atoms with Crippen molar-refractivity contribution in [1.82, 2.24) is 9.88 Å². The molecule has 3 aromatic rings. The Morgan fingerprint density at radius 3 is 2.52 bits per heavy atom. The minimum atomic E-state index is -0.183. The van der Waals surface area contributed by atoms with Gasteiger partial charge < -0.3 is 10.2 Å². The number of carbonyl (C=O) groups is 1. The van der Waals surface area contributed by atoms with Crippen LogP contribution < -0.4 is 5.32 Å². The zero-order chi connectivity index (χ0) is 19.1. The summed E-state index contributed by atoms with van der Waals surface area (Å²) in [5.74, 6) is 0. The number of halogens is 2. The van der Waals surface area contributed by atoms with Gasteiger partial charge in [-0.1, -0.05) is 48.0 Å². The summed E-state index contributed by atoms with van der Waals surface area (Å²) in [4.78, 5) is 19.0. The summed E-state index contributed by atoms with van der Waals surface area (Å²) >= 11 is 9.76. The number of nitrogens with zero attached hydrogens (tertiary/aromatic N) is 2. The Morgan fingerprint density at radius 1 is 1.04 bits per heavy atom. The fourth-order valence-electron chi connectivity index (χ4n) is 2.64. The van der Waals surface area contributed by atoms with Gasteiger partial charge in [0.2, 0.25) is 0 Å². The molecule has 0 bridgehead atoms. The largest absolute Gasteiger partial charge is 0.322 e. The lowest BCUT2D eigenvalue weighted by Crippen LogP contribution is -2.36. The Morgan fingerprint density at radius 2 is 1.78 bits per heavy atom. The maximum absolute atomic E-state index is 12.9. The lowest BCUT2D eigenvalue weighted by molar-refractivity contribution is 0.209. The standard InChI is InChI=1S/C21H19BrClN3O/c22-18-9-2-4-11-20(18)25-21(27)26(14-12-17-8-5-6-13-24-17)15-16-7-1-3-10-19(16)23/h1-11,13H,12,14-15H2,(H,25,27). The molecule has 27 heavy (non-hydrogen) atoms. The molecular formula is C21H19BrClN3O. The number of amides is 2. The number of carbonyl (C=O) groups excluding carboxylic acids is 1. The molecule has 2 amide bonds. The molecule has 0 saturated heterocycles. The maximum Gasteiger partial charge on any atom is 0.322 e. The second-order valence-electron chi connectivity index (χ2n) is 5.99. The number of rotatable bonds is 6. The van der Waals surface area contributed by atoms with Gasteiger partial charge in [0.1, 0.15) is 0 Å². The van der Waals surface area contributed by atoms with Crippen molar-refractivity contribution in [2.24, 2.45) is 0 Å². The van der Waals surface area contributed by atoms with Crippen LogP contribution in [-0.4, -0.2) is 22.5 Å². The molecule has 3 rings (SSSR count). The number of hydrogen-bond donors (Lipinski definition) is 1. The van der Waals surface area contributed by atoms with E-state index in [-0.39, 0.29) is 6.03 Å². The number of aromatic nitrogens is 1. The van der Waals surface area contributed by atoms with E-state index in [1.165, 1.54) is 0 Å². The summed E-state index contributed by atoms with van der Waals surface area (Å²) < 4.78 is 0.834. The van der Waals surface area contributed by atoms with E-state index < -0.39 is 0 Å². The molecule has 1 aromatic heterocycles. The third kappa shape index (κ3) is 5.55. The van der Waals surface area contributed by atoms with E-state index in [4.69, 9.17) is 11.6 Å². The van der Waals surface area contributed by atoms with E-state index in [2.05, 4.69) is 26.2 Å². The van der Waals surface area contributed by atoms with Crippen molar-refractivity contribution in [3.63, 3.8) is 0 Å².